The Morgan fingerprint density at radius 1 is 1.11 bits per heavy atom. The fraction of sp³-hybridized carbons (Fsp3) is 0.714. The molecule has 2 aliphatic rings. The summed E-state index contributed by atoms with van der Waals surface area (Å²) in [7, 11) is 0. The van der Waals surface area contributed by atoms with Crippen LogP contribution in [0.25, 0.3) is 0 Å². The zero-order valence-corrected chi connectivity index (χ0v) is 17.0. The fourth-order valence-corrected chi connectivity index (χ4v) is 4.81. The van der Waals surface area contributed by atoms with Gasteiger partial charge in [0, 0.05) is 44.4 Å². The second-order valence-electron chi connectivity index (χ2n) is 8.29. The zero-order valence-electron chi connectivity index (χ0n) is 17.0. The summed E-state index contributed by atoms with van der Waals surface area (Å²) in [5.41, 5.74) is 0. The van der Waals surface area contributed by atoms with Gasteiger partial charge >= 0.3 is 0 Å². The summed E-state index contributed by atoms with van der Waals surface area (Å²) in [5, 5.41) is 13.2. The number of hydrogen-bond donors (Lipinski definition) is 0. The van der Waals surface area contributed by atoms with Gasteiger partial charge in [0.2, 0.25) is 5.91 Å². The lowest BCUT2D eigenvalue weighted by Crippen LogP contribution is -2.39. The van der Waals surface area contributed by atoms with Crippen LogP contribution in [0.3, 0.4) is 0 Å². The van der Waals surface area contributed by atoms with Crippen LogP contribution < -0.4 is 0 Å². The Morgan fingerprint density at radius 3 is 2.57 bits per heavy atom. The maximum absolute atomic E-state index is 12.7. The van der Waals surface area contributed by atoms with Gasteiger partial charge in [-0.05, 0) is 44.6 Å². The number of piperidine rings is 1. The number of rotatable bonds is 6. The van der Waals surface area contributed by atoms with Crippen LogP contribution in [0.2, 0.25) is 0 Å². The van der Waals surface area contributed by atoms with Gasteiger partial charge in [-0.3, -0.25) is 9.48 Å². The molecule has 0 unspecified atom stereocenters. The van der Waals surface area contributed by atoms with Gasteiger partial charge < -0.3 is 9.47 Å². The molecule has 0 radical (unpaired) electrons. The Hall–Kier alpha value is -2.18. The molecule has 0 bridgehead atoms. The van der Waals surface area contributed by atoms with Gasteiger partial charge in [-0.15, -0.1) is 10.2 Å². The van der Waals surface area contributed by atoms with Crippen LogP contribution in [0.1, 0.15) is 75.9 Å². The van der Waals surface area contributed by atoms with Crippen LogP contribution in [0, 0.1) is 5.92 Å². The molecule has 0 spiro atoms. The van der Waals surface area contributed by atoms with E-state index in [4.69, 9.17) is 0 Å². The minimum Gasteiger partial charge on any atom is -0.343 e. The first-order valence-electron chi connectivity index (χ1n) is 10.9. The SMILES string of the molecule is CCn1c(Cn2cccn2)nnc1C1CCN(C(=O)CC2CCCCC2)CC1. The van der Waals surface area contributed by atoms with E-state index >= 15 is 0 Å². The monoisotopic (exact) mass is 384 g/mol. The molecule has 3 heterocycles. The van der Waals surface area contributed by atoms with E-state index in [1.807, 2.05) is 16.9 Å². The van der Waals surface area contributed by atoms with Crippen LogP contribution in [-0.4, -0.2) is 48.4 Å². The predicted molar refractivity (Wildman–Crippen MR) is 107 cm³/mol. The molecule has 152 valence electrons. The molecule has 1 aliphatic heterocycles. The highest BCUT2D eigenvalue weighted by molar-refractivity contribution is 5.76. The minimum atomic E-state index is 0.363. The number of likely N-dealkylation sites (tertiary alicyclic amines) is 1. The molecule has 0 aromatic carbocycles. The van der Waals surface area contributed by atoms with Gasteiger partial charge in [0.1, 0.15) is 12.4 Å². The smallest absolute Gasteiger partial charge is 0.222 e. The highest BCUT2D eigenvalue weighted by Gasteiger charge is 2.29. The summed E-state index contributed by atoms with van der Waals surface area (Å²) in [5.74, 6) is 3.40. The van der Waals surface area contributed by atoms with Crippen molar-refractivity contribution in [2.24, 2.45) is 5.92 Å². The average Bonchev–Trinajstić information content (AvgIpc) is 3.39. The third-order valence-electron chi connectivity index (χ3n) is 6.44. The van der Waals surface area contributed by atoms with Gasteiger partial charge in [0.25, 0.3) is 0 Å². The topological polar surface area (TPSA) is 68.8 Å². The highest BCUT2D eigenvalue weighted by Crippen LogP contribution is 2.30. The summed E-state index contributed by atoms with van der Waals surface area (Å²) in [4.78, 5) is 14.8. The Balaban J connectivity index is 1.34. The summed E-state index contributed by atoms with van der Waals surface area (Å²) >= 11 is 0. The van der Waals surface area contributed by atoms with E-state index in [0.29, 0.717) is 24.3 Å². The molecule has 2 fully saturated rings. The molecule has 1 aliphatic carbocycles. The lowest BCUT2D eigenvalue weighted by molar-refractivity contribution is -0.133. The number of nitrogens with zero attached hydrogens (tertiary/aromatic N) is 6. The molecule has 7 heteroatoms. The van der Waals surface area contributed by atoms with Crippen molar-refractivity contribution in [1.82, 2.24) is 29.4 Å². The second-order valence-corrected chi connectivity index (χ2v) is 8.29. The van der Waals surface area contributed by atoms with Crippen molar-refractivity contribution in [3.63, 3.8) is 0 Å². The van der Waals surface area contributed by atoms with E-state index < -0.39 is 0 Å². The van der Waals surface area contributed by atoms with E-state index in [2.05, 4.69) is 31.7 Å². The summed E-state index contributed by atoms with van der Waals surface area (Å²) in [6.07, 6.45) is 12.9. The quantitative estimate of drug-likeness (QED) is 0.767. The first-order valence-corrected chi connectivity index (χ1v) is 10.9. The first-order chi connectivity index (χ1) is 13.7. The molecule has 0 N–H and O–H groups in total. The van der Waals surface area contributed by atoms with Crippen molar-refractivity contribution in [2.45, 2.75) is 77.3 Å². The molecule has 2 aromatic heterocycles. The minimum absolute atomic E-state index is 0.363. The molecule has 4 rings (SSSR count). The maximum Gasteiger partial charge on any atom is 0.222 e. The number of hydrogen-bond acceptors (Lipinski definition) is 4. The molecular weight excluding hydrogens is 352 g/mol. The van der Waals surface area contributed by atoms with Crippen LogP contribution in [0.15, 0.2) is 18.5 Å². The Morgan fingerprint density at radius 2 is 1.89 bits per heavy atom. The highest BCUT2D eigenvalue weighted by atomic mass is 16.2. The van der Waals surface area contributed by atoms with Crippen LogP contribution in [0.5, 0.6) is 0 Å². The first kappa shape index (κ1) is 19.2. The van der Waals surface area contributed by atoms with E-state index in [1.165, 1.54) is 32.1 Å². The van der Waals surface area contributed by atoms with E-state index in [-0.39, 0.29) is 0 Å². The van der Waals surface area contributed by atoms with Gasteiger partial charge in [-0.1, -0.05) is 19.3 Å². The molecule has 1 saturated carbocycles. The summed E-state index contributed by atoms with van der Waals surface area (Å²) in [6.45, 7) is 5.34. The van der Waals surface area contributed by atoms with Crippen molar-refractivity contribution < 1.29 is 4.79 Å². The molecule has 1 saturated heterocycles. The van der Waals surface area contributed by atoms with E-state index in [9.17, 15) is 4.79 Å². The van der Waals surface area contributed by atoms with Crippen LogP contribution in [-0.2, 0) is 17.9 Å². The molecule has 28 heavy (non-hydrogen) atoms. The van der Waals surface area contributed by atoms with Crippen molar-refractivity contribution in [2.75, 3.05) is 13.1 Å². The molecule has 7 nitrogen and oxygen atoms in total. The van der Waals surface area contributed by atoms with Gasteiger partial charge in [0.15, 0.2) is 5.82 Å². The fourth-order valence-electron chi connectivity index (χ4n) is 4.81. The van der Waals surface area contributed by atoms with E-state index in [0.717, 1.165) is 50.5 Å². The molecule has 2 aromatic rings. The van der Waals surface area contributed by atoms with Gasteiger partial charge in [0.05, 0.1) is 0 Å². The number of carbonyl (C=O) groups is 1. The number of aromatic nitrogens is 5. The lowest BCUT2D eigenvalue weighted by atomic mass is 9.86. The third-order valence-corrected chi connectivity index (χ3v) is 6.44. The Labute approximate surface area is 167 Å². The predicted octanol–water partition coefficient (Wildman–Crippen LogP) is 3.22. The van der Waals surface area contributed by atoms with Crippen molar-refractivity contribution >= 4 is 5.91 Å². The van der Waals surface area contributed by atoms with Crippen molar-refractivity contribution in [1.29, 1.82) is 0 Å². The van der Waals surface area contributed by atoms with Gasteiger partial charge in [-0.2, -0.15) is 5.10 Å². The molecular formula is C21H32N6O. The third kappa shape index (κ3) is 4.28. The maximum atomic E-state index is 12.7. The zero-order chi connectivity index (χ0) is 19.3. The molecule has 0 atom stereocenters. The van der Waals surface area contributed by atoms with Crippen LogP contribution in [0.4, 0.5) is 0 Å². The Bertz CT molecular complexity index is 754. The largest absolute Gasteiger partial charge is 0.343 e. The summed E-state index contributed by atoms with van der Waals surface area (Å²) < 4.78 is 4.11. The average molecular weight is 385 g/mol. The van der Waals surface area contributed by atoms with Crippen molar-refractivity contribution in [3.05, 3.63) is 30.1 Å². The number of carbonyl (C=O) groups excluding carboxylic acids is 1. The molecule has 1 amide bonds. The van der Waals surface area contributed by atoms with Gasteiger partial charge in [-0.25, -0.2) is 0 Å². The Kier molecular flexibility index (Phi) is 6.07. The standard InChI is InChI=1S/C21H32N6O/c1-2-27-19(16-26-12-6-11-22-26)23-24-21(27)18-9-13-25(14-10-18)20(28)15-17-7-4-3-5-8-17/h6,11-12,17-18H,2-5,7-10,13-16H2,1H3. The van der Waals surface area contributed by atoms with E-state index in [1.54, 1.807) is 6.20 Å². The summed E-state index contributed by atoms with van der Waals surface area (Å²) in [6, 6.07) is 1.92. The number of amides is 1. The van der Waals surface area contributed by atoms with Crippen LogP contribution >= 0.6 is 0 Å². The normalized spacial score (nSPS) is 19.2. The van der Waals surface area contributed by atoms with Crippen molar-refractivity contribution in [3.8, 4) is 0 Å². The second kappa shape index (κ2) is 8.88. The lowest BCUT2D eigenvalue weighted by Gasteiger charge is -2.33.